The van der Waals surface area contributed by atoms with E-state index in [1.807, 2.05) is 32.0 Å². The summed E-state index contributed by atoms with van der Waals surface area (Å²) in [5, 5.41) is 9.31. The molecule has 1 aliphatic rings. The van der Waals surface area contributed by atoms with Crippen molar-refractivity contribution in [3.05, 3.63) is 48.0 Å². The van der Waals surface area contributed by atoms with Crippen molar-refractivity contribution >= 4 is 41.7 Å². The summed E-state index contributed by atoms with van der Waals surface area (Å²) in [5.41, 5.74) is 1.06. The molecule has 3 heterocycles. The van der Waals surface area contributed by atoms with Crippen molar-refractivity contribution in [2.45, 2.75) is 39.2 Å². The van der Waals surface area contributed by atoms with Crippen molar-refractivity contribution in [2.24, 2.45) is 4.99 Å². The van der Waals surface area contributed by atoms with Crippen LogP contribution in [0.15, 0.2) is 46.1 Å². The third kappa shape index (κ3) is 8.13. The Balaban J connectivity index is 0.00000341. The van der Waals surface area contributed by atoms with Crippen LogP contribution in [-0.2, 0) is 4.79 Å². The molecule has 1 saturated heterocycles. The van der Waals surface area contributed by atoms with E-state index in [1.54, 1.807) is 18.5 Å². The molecule has 0 radical (unpaired) electrons. The zero-order valence-corrected chi connectivity index (χ0v) is 20.6. The van der Waals surface area contributed by atoms with E-state index in [0.29, 0.717) is 31.3 Å². The Morgan fingerprint density at radius 2 is 2.06 bits per heavy atom. The Bertz CT molecular complexity index is 804. The van der Waals surface area contributed by atoms with Crippen molar-refractivity contribution in [3.63, 3.8) is 0 Å². The molecule has 0 saturated carbocycles. The minimum atomic E-state index is -0.0831. The normalized spacial score (nSPS) is 15.2. The standard InChI is InChI=1S/C22H32N6O2.HI/c1-3-23-22(24-11-10-21(29)27-20-9-8-17(2)15-25-20)26-16-18(19-7-6-14-30-19)28-12-4-5-13-28;/h6-9,14-15,18H,3-5,10-13,16H2,1-2H3,(H2,23,24,26)(H,25,27,29);1H. The summed E-state index contributed by atoms with van der Waals surface area (Å²) in [6, 6.07) is 7.80. The van der Waals surface area contributed by atoms with Crippen molar-refractivity contribution in [1.82, 2.24) is 20.5 Å². The third-order valence-electron chi connectivity index (χ3n) is 5.04. The number of furan rings is 1. The van der Waals surface area contributed by atoms with Crippen LogP contribution in [0.5, 0.6) is 0 Å². The molecule has 0 spiro atoms. The fourth-order valence-electron chi connectivity index (χ4n) is 3.48. The number of anilines is 1. The van der Waals surface area contributed by atoms with Gasteiger partial charge in [-0.25, -0.2) is 4.98 Å². The molecule has 8 nitrogen and oxygen atoms in total. The Kier molecular flexibility index (Phi) is 10.8. The van der Waals surface area contributed by atoms with E-state index >= 15 is 0 Å². The molecule has 170 valence electrons. The summed E-state index contributed by atoms with van der Waals surface area (Å²) in [6.45, 7) is 7.96. The van der Waals surface area contributed by atoms with Gasteiger partial charge in [0.15, 0.2) is 5.96 Å². The minimum Gasteiger partial charge on any atom is -0.468 e. The SMILES string of the molecule is CCNC(=NCC(c1ccco1)N1CCCC1)NCCC(=O)Nc1ccc(C)cn1.I. The predicted molar refractivity (Wildman–Crippen MR) is 134 cm³/mol. The number of halogens is 1. The highest BCUT2D eigenvalue weighted by Crippen LogP contribution is 2.25. The number of amides is 1. The van der Waals surface area contributed by atoms with E-state index in [-0.39, 0.29) is 35.9 Å². The number of pyridine rings is 1. The monoisotopic (exact) mass is 540 g/mol. The summed E-state index contributed by atoms with van der Waals surface area (Å²) in [6.07, 6.45) is 6.20. The van der Waals surface area contributed by atoms with Crippen molar-refractivity contribution < 1.29 is 9.21 Å². The molecule has 0 bridgehead atoms. The average Bonchev–Trinajstić information content (AvgIpc) is 3.45. The Labute approximate surface area is 201 Å². The van der Waals surface area contributed by atoms with Gasteiger partial charge in [-0.1, -0.05) is 6.07 Å². The number of aryl methyl sites for hydroxylation is 1. The molecular weight excluding hydrogens is 507 g/mol. The van der Waals surface area contributed by atoms with Crippen LogP contribution in [0, 0.1) is 6.92 Å². The largest absolute Gasteiger partial charge is 0.468 e. The highest BCUT2D eigenvalue weighted by Gasteiger charge is 2.25. The zero-order chi connectivity index (χ0) is 21.2. The van der Waals surface area contributed by atoms with Gasteiger partial charge in [0.2, 0.25) is 5.91 Å². The fourth-order valence-corrected chi connectivity index (χ4v) is 3.48. The van der Waals surface area contributed by atoms with E-state index in [1.165, 1.54) is 12.8 Å². The number of likely N-dealkylation sites (tertiary alicyclic amines) is 1. The van der Waals surface area contributed by atoms with Crippen LogP contribution in [-0.4, -0.2) is 54.5 Å². The number of carbonyl (C=O) groups is 1. The maximum absolute atomic E-state index is 12.2. The first-order chi connectivity index (χ1) is 14.7. The summed E-state index contributed by atoms with van der Waals surface area (Å²) in [4.78, 5) is 23.5. The summed E-state index contributed by atoms with van der Waals surface area (Å²) >= 11 is 0. The van der Waals surface area contributed by atoms with Crippen LogP contribution in [0.4, 0.5) is 5.82 Å². The van der Waals surface area contributed by atoms with Crippen LogP contribution in [0.25, 0.3) is 0 Å². The van der Waals surface area contributed by atoms with Crippen molar-refractivity contribution in [3.8, 4) is 0 Å². The fraction of sp³-hybridized carbons (Fsp3) is 0.500. The van der Waals surface area contributed by atoms with E-state index in [2.05, 4.69) is 25.8 Å². The highest BCUT2D eigenvalue weighted by atomic mass is 127. The lowest BCUT2D eigenvalue weighted by atomic mass is 10.2. The average molecular weight is 540 g/mol. The third-order valence-corrected chi connectivity index (χ3v) is 5.04. The molecule has 1 unspecified atom stereocenters. The second-order valence-electron chi connectivity index (χ2n) is 7.44. The lowest BCUT2D eigenvalue weighted by Crippen LogP contribution is -2.39. The molecule has 31 heavy (non-hydrogen) atoms. The van der Waals surface area contributed by atoms with Gasteiger partial charge in [0, 0.05) is 25.7 Å². The van der Waals surface area contributed by atoms with Gasteiger partial charge in [0.05, 0.1) is 18.8 Å². The molecule has 2 aromatic rings. The van der Waals surface area contributed by atoms with Gasteiger partial charge in [-0.2, -0.15) is 0 Å². The maximum atomic E-state index is 12.2. The summed E-state index contributed by atoms with van der Waals surface area (Å²) < 4.78 is 5.67. The Morgan fingerprint density at radius 1 is 1.26 bits per heavy atom. The number of carbonyl (C=O) groups excluding carboxylic acids is 1. The second kappa shape index (κ2) is 13.3. The van der Waals surface area contributed by atoms with Gasteiger partial charge in [0.25, 0.3) is 0 Å². The first-order valence-electron chi connectivity index (χ1n) is 10.7. The van der Waals surface area contributed by atoms with Gasteiger partial charge in [-0.3, -0.25) is 14.7 Å². The molecule has 1 aliphatic heterocycles. The summed E-state index contributed by atoms with van der Waals surface area (Å²) in [5.74, 6) is 2.13. The molecule has 0 aliphatic carbocycles. The van der Waals surface area contributed by atoms with Crippen molar-refractivity contribution in [1.29, 1.82) is 0 Å². The van der Waals surface area contributed by atoms with Crippen molar-refractivity contribution in [2.75, 3.05) is 38.0 Å². The number of nitrogens with zero attached hydrogens (tertiary/aromatic N) is 3. The second-order valence-corrected chi connectivity index (χ2v) is 7.44. The number of guanidine groups is 1. The summed E-state index contributed by atoms with van der Waals surface area (Å²) in [7, 11) is 0. The van der Waals surface area contributed by atoms with Crippen LogP contribution in [0.2, 0.25) is 0 Å². The topological polar surface area (TPSA) is 94.8 Å². The highest BCUT2D eigenvalue weighted by molar-refractivity contribution is 14.0. The minimum absolute atomic E-state index is 0. The first-order valence-corrected chi connectivity index (χ1v) is 10.7. The van der Waals surface area contributed by atoms with Gasteiger partial charge < -0.3 is 20.4 Å². The Hall–Kier alpha value is -2.14. The number of aromatic nitrogens is 1. The van der Waals surface area contributed by atoms with Crippen LogP contribution >= 0.6 is 24.0 Å². The molecule has 1 amide bonds. The first kappa shape index (κ1) is 25.1. The molecule has 3 rings (SSSR count). The zero-order valence-electron chi connectivity index (χ0n) is 18.3. The molecule has 1 atom stereocenters. The van der Waals surface area contributed by atoms with Crippen LogP contribution in [0.3, 0.4) is 0 Å². The molecule has 3 N–H and O–H groups in total. The number of hydrogen-bond acceptors (Lipinski definition) is 5. The van der Waals surface area contributed by atoms with Crippen LogP contribution < -0.4 is 16.0 Å². The number of rotatable bonds is 9. The lowest BCUT2D eigenvalue weighted by Gasteiger charge is -2.24. The molecular formula is C22H33IN6O2. The number of hydrogen-bond donors (Lipinski definition) is 3. The lowest BCUT2D eigenvalue weighted by molar-refractivity contribution is -0.116. The van der Waals surface area contributed by atoms with Gasteiger partial charge in [-0.05, 0) is 63.5 Å². The number of nitrogens with one attached hydrogen (secondary N) is 3. The molecule has 0 aromatic carbocycles. The predicted octanol–water partition coefficient (Wildman–Crippen LogP) is 3.32. The molecule has 9 heteroatoms. The Morgan fingerprint density at radius 3 is 2.71 bits per heavy atom. The maximum Gasteiger partial charge on any atom is 0.227 e. The van der Waals surface area contributed by atoms with Gasteiger partial charge in [-0.15, -0.1) is 24.0 Å². The molecule has 2 aromatic heterocycles. The van der Waals surface area contributed by atoms with Gasteiger partial charge >= 0.3 is 0 Å². The van der Waals surface area contributed by atoms with E-state index in [0.717, 1.165) is 31.0 Å². The van der Waals surface area contributed by atoms with Gasteiger partial charge in [0.1, 0.15) is 11.6 Å². The number of aliphatic imine (C=N–C) groups is 1. The smallest absolute Gasteiger partial charge is 0.227 e. The van der Waals surface area contributed by atoms with E-state index in [4.69, 9.17) is 9.41 Å². The van der Waals surface area contributed by atoms with E-state index in [9.17, 15) is 4.79 Å². The quantitative estimate of drug-likeness (QED) is 0.257. The van der Waals surface area contributed by atoms with E-state index < -0.39 is 0 Å². The molecule has 1 fully saturated rings. The van der Waals surface area contributed by atoms with Crippen LogP contribution in [0.1, 0.15) is 43.6 Å².